The molecule has 0 spiro atoms. The minimum Gasteiger partial charge on any atom is -0.368 e. The molecule has 0 saturated carbocycles. The molecule has 0 aliphatic heterocycles. The van der Waals surface area contributed by atoms with Crippen molar-refractivity contribution in [3.05, 3.63) is 71.8 Å². The van der Waals surface area contributed by atoms with E-state index in [-0.39, 0.29) is 17.7 Å². The maximum absolute atomic E-state index is 12.1. The van der Waals surface area contributed by atoms with E-state index in [1.54, 1.807) is 13.8 Å². The fourth-order valence-electron chi connectivity index (χ4n) is 2.54. The smallest absolute Gasteiger partial charge is 0.240 e. The molecular formula is C19H22N2O2. The molecule has 0 unspecified atom stereocenters. The van der Waals surface area contributed by atoms with Gasteiger partial charge in [0.15, 0.2) is 0 Å². The van der Waals surface area contributed by atoms with E-state index >= 15 is 0 Å². The summed E-state index contributed by atoms with van der Waals surface area (Å²) in [7, 11) is 0. The number of nitrogens with one attached hydrogen (secondary N) is 1. The molecule has 2 rings (SSSR count). The standard InChI is InChI=1S/C19H22N2O2/c1-13(2)19(23)21-17(18(20)22)16(14-9-5-3-6-10-14)15-11-7-4-8-12-15/h3-13,16-17H,1-2H3,(H2,20,22)(H,21,23)/t17-/m0/s1. The molecule has 2 amide bonds. The average molecular weight is 310 g/mol. The molecule has 0 heterocycles. The summed E-state index contributed by atoms with van der Waals surface area (Å²) in [5, 5.41) is 2.80. The predicted molar refractivity (Wildman–Crippen MR) is 90.7 cm³/mol. The lowest BCUT2D eigenvalue weighted by Gasteiger charge is -2.27. The molecule has 3 N–H and O–H groups in total. The average Bonchev–Trinajstić information content (AvgIpc) is 2.56. The van der Waals surface area contributed by atoms with Crippen molar-refractivity contribution in [2.24, 2.45) is 11.7 Å². The molecule has 0 bridgehead atoms. The Balaban J connectivity index is 2.46. The van der Waals surface area contributed by atoms with Crippen LogP contribution >= 0.6 is 0 Å². The van der Waals surface area contributed by atoms with Crippen molar-refractivity contribution < 1.29 is 9.59 Å². The van der Waals surface area contributed by atoms with Crippen molar-refractivity contribution in [2.75, 3.05) is 0 Å². The minimum absolute atomic E-state index is 0.189. The summed E-state index contributed by atoms with van der Waals surface area (Å²) >= 11 is 0. The van der Waals surface area contributed by atoms with Crippen LogP contribution in [0.1, 0.15) is 30.9 Å². The first-order valence-electron chi connectivity index (χ1n) is 7.70. The van der Waals surface area contributed by atoms with Gasteiger partial charge in [-0.25, -0.2) is 0 Å². The molecule has 2 aromatic carbocycles. The normalized spacial score (nSPS) is 12.2. The summed E-state index contributed by atoms with van der Waals surface area (Å²) in [5.74, 6) is -1.27. The number of hydrogen-bond donors (Lipinski definition) is 2. The van der Waals surface area contributed by atoms with Crippen molar-refractivity contribution in [1.29, 1.82) is 0 Å². The molecule has 4 nitrogen and oxygen atoms in total. The Labute approximate surface area is 136 Å². The number of carbonyl (C=O) groups excluding carboxylic acids is 2. The maximum Gasteiger partial charge on any atom is 0.240 e. The molecule has 0 aromatic heterocycles. The van der Waals surface area contributed by atoms with Crippen molar-refractivity contribution in [2.45, 2.75) is 25.8 Å². The van der Waals surface area contributed by atoms with Crippen LogP contribution in [0.4, 0.5) is 0 Å². The number of nitrogens with two attached hydrogens (primary N) is 1. The highest BCUT2D eigenvalue weighted by Crippen LogP contribution is 2.28. The molecule has 0 saturated heterocycles. The van der Waals surface area contributed by atoms with Crippen LogP contribution < -0.4 is 11.1 Å². The van der Waals surface area contributed by atoms with E-state index in [0.29, 0.717) is 0 Å². The van der Waals surface area contributed by atoms with Gasteiger partial charge >= 0.3 is 0 Å². The van der Waals surface area contributed by atoms with Gasteiger partial charge < -0.3 is 11.1 Å². The molecule has 2 aromatic rings. The summed E-state index contributed by atoms with van der Waals surface area (Å²) in [5.41, 5.74) is 7.48. The number of benzene rings is 2. The summed E-state index contributed by atoms with van der Waals surface area (Å²) in [6.45, 7) is 3.57. The van der Waals surface area contributed by atoms with Crippen molar-refractivity contribution in [3.63, 3.8) is 0 Å². The fourth-order valence-corrected chi connectivity index (χ4v) is 2.54. The number of hydrogen-bond acceptors (Lipinski definition) is 2. The van der Waals surface area contributed by atoms with Gasteiger partial charge in [0.05, 0.1) is 0 Å². The highest BCUT2D eigenvalue weighted by Gasteiger charge is 2.31. The Hall–Kier alpha value is -2.62. The van der Waals surface area contributed by atoms with E-state index in [1.807, 2.05) is 60.7 Å². The van der Waals surface area contributed by atoms with E-state index < -0.39 is 11.9 Å². The Morgan fingerprint density at radius 3 is 1.65 bits per heavy atom. The summed E-state index contributed by atoms with van der Waals surface area (Å²) in [6.07, 6.45) is 0. The molecule has 0 aliphatic carbocycles. The lowest BCUT2D eigenvalue weighted by Crippen LogP contribution is -2.49. The van der Waals surface area contributed by atoms with E-state index in [9.17, 15) is 9.59 Å². The predicted octanol–water partition coefficient (Wildman–Crippen LogP) is 2.44. The first-order valence-corrected chi connectivity index (χ1v) is 7.70. The van der Waals surface area contributed by atoms with Crippen LogP contribution in [0.15, 0.2) is 60.7 Å². The van der Waals surface area contributed by atoms with Gasteiger partial charge in [0, 0.05) is 11.8 Å². The summed E-state index contributed by atoms with van der Waals surface area (Å²) in [6, 6.07) is 18.4. The third kappa shape index (κ3) is 4.19. The molecule has 0 radical (unpaired) electrons. The largest absolute Gasteiger partial charge is 0.368 e. The quantitative estimate of drug-likeness (QED) is 0.860. The van der Waals surface area contributed by atoms with Gasteiger partial charge in [-0.05, 0) is 11.1 Å². The second-order valence-electron chi connectivity index (χ2n) is 5.84. The minimum atomic E-state index is -0.797. The van der Waals surface area contributed by atoms with E-state index in [0.717, 1.165) is 11.1 Å². The van der Waals surface area contributed by atoms with Crippen LogP contribution in [0.3, 0.4) is 0 Å². The van der Waals surface area contributed by atoms with Crippen molar-refractivity contribution >= 4 is 11.8 Å². The lowest BCUT2D eigenvalue weighted by molar-refractivity contribution is -0.129. The van der Waals surface area contributed by atoms with Crippen LogP contribution in [0, 0.1) is 5.92 Å². The zero-order valence-electron chi connectivity index (χ0n) is 13.4. The summed E-state index contributed by atoms with van der Waals surface area (Å²) < 4.78 is 0. The van der Waals surface area contributed by atoms with Crippen LogP contribution in [-0.4, -0.2) is 17.9 Å². The SMILES string of the molecule is CC(C)C(=O)N[C@H](C(N)=O)C(c1ccccc1)c1ccccc1. The van der Waals surface area contributed by atoms with E-state index in [2.05, 4.69) is 5.32 Å². The first kappa shape index (κ1) is 16.7. The van der Waals surface area contributed by atoms with Gasteiger partial charge in [0.1, 0.15) is 6.04 Å². The van der Waals surface area contributed by atoms with Crippen LogP contribution in [-0.2, 0) is 9.59 Å². The Kier molecular flexibility index (Phi) is 5.52. The van der Waals surface area contributed by atoms with Gasteiger partial charge in [0.25, 0.3) is 0 Å². The molecule has 23 heavy (non-hydrogen) atoms. The lowest BCUT2D eigenvalue weighted by atomic mass is 9.84. The number of amides is 2. The highest BCUT2D eigenvalue weighted by atomic mass is 16.2. The zero-order valence-corrected chi connectivity index (χ0v) is 13.4. The maximum atomic E-state index is 12.1. The molecule has 0 fully saturated rings. The topological polar surface area (TPSA) is 72.2 Å². The van der Waals surface area contributed by atoms with Gasteiger partial charge in [-0.1, -0.05) is 74.5 Å². The van der Waals surface area contributed by atoms with Crippen LogP contribution in [0.2, 0.25) is 0 Å². The molecule has 120 valence electrons. The van der Waals surface area contributed by atoms with Crippen LogP contribution in [0.5, 0.6) is 0 Å². The molecule has 0 aliphatic rings. The van der Waals surface area contributed by atoms with Crippen LogP contribution in [0.25, 0.3) is 0 Å². The summed E-state index contributed by atoms with van der Waals surface area (Å²) in [4.78, 5) is 24.2. The van der Waals surface area contributed by atoms with Gasteiger partial charge in [0.2, 0.25) is 11.8 Å². The van der Waals surface area contributed by atoms with Gasteiger partial charge in [-0.15, -0.1) is 0 Å². The second-order valence-corrected chi connectivity index (χ2v) is 5.84. The Bertz CT molecular complexity index is 614. The molecular weight excluding hydrogens is 288 g/mol. The fraction of sp³-hybridized carbons (Fsp3) is 0.263. The van der Waals surface area contributed by atoms with Crippen molar-refractivity contribution in [3.8, 4) is 0 Å². The molecule has 4 heteroatoms. The number of carbonyl (C=O) groups is 2. The first-order chi connectivity index (χ1) is 11.0. The van der Waals surface area contributed by atoms with Crippen molar-refractivity contribution in [1.82, 2.24) is 5.32 Å². The monoisotopic (exact) mass is 310 g/mol. The molecule has 1 atom stereocenters. The third-order valence-corrected chi connectivity index (χ3v) is 3.78. The van der Waals surface area contributed by atoms with E-state index in [1.165, 1.54) is 0 Å². The van der Waals surface area contributed by atoms with Gasteiger partial charge in [-0.2, -0.15) is 0 Å². The Morgan fingerprint density at radius 1 is 0.870 bits per heavy atom. The third-order valence-electron chi connectivity index (χ3n) is 3.78. The zero-order chi connectivity index (χ0) is 16.8. The highest BCUT2D eigenvalue weighted by molar-refractivity contribution is 5.88. The Morgan fingerprint density at radius 2 is 1.30 bits per heavy atom. The van der Waals surface area contributed by atoms with Gasteiger partial charge in [-0.3, -0.25) is 9.59 Å². The number of primary amides is 1. The number of rotatable bonds is 6. The second kappa shape index (κ2) is 7.58. The van der Waals surface area contributed by atoms with E-state index in [4.69, 9.17) is 5.73 Å².